The molecular weight excluding hydrogens is 222 g/mol. The summed E-state index contributed by atoms with van der Waals surface area (Å²) in [5, 5.41) is 3.38. The molecule has 1 saturated heterocycles. The molecule has 1 saturated carbocycles. The van der Waals surface area contributed by atoms with Crippen molar-refractivity contribution in [2.24, 2.45) is 17.8 Å². The van der Waals surface area contributed by atoms with Gasteiger partial charge in [-0.05, 0) is 50.5 Å². The second-order valence-electron chi connectivity index (χ2n) is 5.64. The highest BCUT2D eigenvalue weighted by Gasteiger charge is 2.39. The van der Waals surface area contributed by atoms with Gasteiger partial charge in [-0.1, -0.05) is 6.92 Å². The van der Waals surface area contributed by atoms with Crippen LogP contribution in [0, 0.1) is 17.8 Å². The van der Waals surface area contributed by atoms with Crippen molar-refractivity contribution < 1.29 is 8.42 Å². The Bertz CT molecular complexity index is 339. The minimum absolute atomic E-state index is 0.408. The average molecular weight is 245 g/mol. The van der Waals surface area contributed by atoms with E-state index in [4.69, 9.17) is 0 Å². The Hall–Kier alpha value is -0.0900. The third-order valence-corrected chi connectivity index (χ3v) is 6.20. The number of hydrogen-bond donors (Lipinski definition) is 1. The van der Waals surface area contributed by atoms with Crippen molar-refractivity contribution in [2.45, 2.75) is 38.6 Å². The molecule has 0 spiro atoms. The predicted molar refractivity (Wildman–Crippen MR) is 66.1 cm³/mol. The molecule has 1 aliphatic heterocycles. The van der Waals surface area contributed by atoms with Crippen molar-refractivity contribution in [3.05, 3.63) is 0 Å². The normalized spacial score (nSPS) is 43.4. The smallest absolute Gasteiger partial charge is 0.150 e. The molecule has 2 rings (SSSR count). The number of nitrogens with one attached hydrogen (secondary N) is 1. The first-order valence-electron chi connectivity index (χ1n) is 6.39. The minimum atomic E-state index is -2.72. The molecule has 4 atom stereocenters. The summed E-state index contributed by atoms with van der Waals surface area (Å²) in [6.45, 7) is 2.29. The van der Waals surface area contributed by atoms with Crippen molar-refractivity contribution >= 4 is 9.84 Å². The molecule has 4 heteroatoms. The van der Waals surface area contributed by atoms with E-state index in [1.54, 1.807) is 0 Å². The first-order valence-corrected chi connectivity index (χ1v) is 8.21. The van der Waals surface area contributed by atoms with E-state index < -0.39 is 9.84 Å². The summed E-state index contributed by atoms with van der Waals surface area (Å²) in [7, 11) is -0.711. The molecule has 94 valence electrons. The second-order valence-corrected chi connectivity index (χ2v) is 7.87. The van der Waals surface area contributed by atoms with E-state index in [0.29, 0.717) is 29.4 Å². The summed E-state index contributed by atoms with van der Waals surface area (Å²) in [4.78, 5) is 0. The maximum atomic E-state index is 11.5. The largest absolute Gasteiger partial charge is 0.317 e. The summed E-state index contributed by atoms with van der Waals surface area (Å²) in [5.74, 6) is 2.59. The van der Waals surface area contributed by atoms with E-state index >= 15 is 0 Å². The van der Waals surface area contributed by atoms with Crippen LogP contribution < -0.4 is 5.32 Å². The van der Waals surface area contributed by atoms with Crippen molar-refractivity contribution in [3.8, 4) is 0 Å². The molecule has 0 radical (unpaired) electrons. The van der Waals surface area contributed by atoms with Crippen molar-refractivity contribution in [1.29, 1.82) is 0 Å². The highest BCUT2D eigenvalue weighted by Crippen LogP contribution is 2.38. The first kappa shape index (κ1) is 12.4. The van der Waals surface area contributed by atoms with Crippen LogP contribution in [-0.4, -0.2) is 33.0 Å². The SMILES string of the molecule is CNC1CCC(C)CC1C1CCS(=O)(=O)C1. The van der Waals surface area contributed by atoms with Crippen LogP contribution in [0.15, 0.2) is 0 Å². The van der Waals surface area contributed by atoms with E-state index in [2.05, 4.69) is 12.2 Å². The van der Waals surface area contributed by atoms with E-state index in [1.807, 2.05) is 7.05 Å². The third kappa shape index (κ3) is 2.59. The topological polar surface area (TPSA) is 46.2 Å². The lowest BCUT2D eigenvalue weighted by Crippen LogP contribution is -2.42. The monoisotopic (exact) mass is 245 g/mol. The van der Waals surface area contributed by atoms with Gasteiger partial charge in [-0.15, -0.1) is 0 Å². The van der Waals surface area contributed by atoms with Crippen LogP contribution >= 0.6 is 0 Å². The quantitative estimate of drug-likeness (QED) is 0.801. The lowest BCUT2D eigenvalue weighted by molar-refractivity contribution is 0.167. The maximum absolute atomic E-state index is 11.5. The fourth-order valence-electron chi connectivity index (χ4n) is 3.47. The Labute approximate surface area is 98.9 Å². The van der Waals surface area contributed by atoms with Gasteiger partial charge in [0.15, 0.2) is 9.84 Å². The maximum Gasteiger partial charge on any atom is 0.150 e. The summed E-state index contributed by atoms with van der Waals surface area (Å²) >= 11 is 0. The lowest BCUT2D eigenvalue weighted by Gasteiger charge is -2.38. The fourth-order valence-corrected chi connectivity index (χ4v) is 5.36. The number of rotatable bonds is 2. The highest BCUT2D eigenvalue weighted by molar-refractivity contribution is 7.91. The molecule has 0 amide bonds. The Balaban J connectivity index is 2.06. The van der Waals surface area contributed by atoms with E-state index in [0.717, 1.165) is 12.3 Å². The van der Waals surface area contributed by atoms with Gasteiger partial charge in [0.1, 0.15) is 0 Å². The average Bonchev–Trinajstić information content (AvgIpc) is 2.59. The molecule has 0 aromatic heterocycles. The predicted octanol–water partition coefficient (Wildman–Crippen LogP) is 1.45. The van der Waals surface area contributed by atoms with Gasteiger partial charge in [0, 0.05) is 6.04 Å². The van der Waals surface area contributed by atoms with Crippen LogP contribution in [0.3, 0.4) is 0 Å². The van der Waals surface area contributed by atoms with Gasteiger partial charge in [0.2, 0.25) is 0 Å². The van der Waals surface area contributed by atoms with Crippen molar-refractivity contribution in [1.82, 2.24) is 5.32 Å². The van der Waals surface area contributed by atoms with Gasteiger partial charge >= 0.3 is 0 Å². The Morgan fingerprint density at radius 1 is 1.19 bits per heavy atom. The van der Waals surface area contributed by atoms with Crippen LogP contribution in [0.25, 0.3) is 0 Å². The van der Waals surface area contributed by atoms with E-state index in [-0.39, 0.29) is 0 Å². The molecule has 1 N–H and O–H groups in total. The van der Waals surface area contributed by atoms with Crippen molar-refractivity contribution in [3.63, 3.8) is 0 Å². The molecule has 2 fully saturated rings. The van der Waals surface area contributed by atoms with Crippen LogP contribution in [0.5, 0.6) is 0 Å². The molecule has 1 heterocycles. The van der Waals surface area contributed by atoms with E-state index in [1.165, 1.54) is 19.3 Å². The van der Waals surface area contributed by atoms with Crippen LogP contribution in [0.2, 0.25) is 0 Å². The highest BCUT2D eigenvalue weighted by atomic mass is 32.2. The van der Waals surface area contributed by atoms with Gasteiger partial charge < -0.3 is 5.32 Å². The number of hydrogen-bond acceptors (Lipinski definition) is 3. The standard InChI is InChI=1S/C12H23NO2S/c1-9-3-4-12(13-2)11(7-9)10-5-6-16(14,15)8-10/h9-13H,3-8H2,1-2H3. The van der Waals surface area contributed by atoms with Crippen LogP contribution in [0.1, 0.15) is 32.6 Å². The van der Waals surface area contributed by atoms with E-state index in [9.17, 15) is 8.42 Å². The van der Waals surface area contributed by atoms with Crippen molar-refractivity contribution in [2.75, 3.05) is 18.6 Å². The molecule has 4 unspecified atom stereocenters. The fraction of sp³-hybridized carbons (Fsp3) is 1.00. The molecule has 0 aromatic carbocycles. The molecular formula is C12H23NO2S. The zero-order valence-electron chi connectivity index (χ0n) is 10.3. The third-order valence-electron chi connectivity index (χ3n) is 4.41. The van der Waals surface area contributed by atoms with Gasteiger partial charge in [-0.2, -0.15) is 0 Å². The number of sulfone groups is 1. The first-order chi connectivity index (χ1) is 7.52. The summed E-state index contributed by atoms with van der Waals surface area (Å²) in [6, 6.07) is 0.537. The summed E-state index contributed by atoms with van der Waals surface area (Å²) in [6.07, 6.45) is 4.57. The van der Waals surface area contributed by atoms with Crippen LogP contribution in [-0.2, 0) is 9.84 Å². The zero-order valence-corrected chi connectivity index (χ0v) is 11.1. The van der Waals surface area contributed by atoms with Gasteiger partial charge in [0.05, 0.1) is 11.5 Å². The summed E-state index contributed by atoms with van der Waals surface area (Å²) in [5.41, 5.74) is 0. The van der Waals surface area contributed by atoms with Gasteiger partial charge in [-0.25, -0.2) is 8.42 Å². The Morgan fingerprint density at radius 3 is 2.50 bits per heavy atom. The van der Waals surface area contributed by atoms with Gasteiger partial charge in [-0.3, -0.25) is 0 Å². The van der Waals surface area contributed by atoms with Gasteiger partial charge in [0.25, 0.3) is 0 Å². The molecule has 3 nitrogen and oxygen atoms in total. The molecule has 0 bridgehead atoms. The molecule has 2 aliphatic rings. The Morgan fingerprint density at radius 2 is 1.94 bits per heavy atom. The minimum Gasteiger partial charge on any atom is -0.317 e. The summed E-state index contributed by atoms with van der Waals surface area (Å²) < 4.78 is 23.1. The molecule has 1 aliphatic carbocycles. The molecule has 16 heavy (non-hydrogen) atoms. The Kier molecular flexibility index (Phi) is 3.59. The lowest BCUT2D eigenvalue weighted by atomic mass is 9.72. The zero-order chi connectivity index (χ0) is 11.8. The van der Waals surface area contributed by atoms with Crippen LogP contribution in [0.4, 0.5) is 0 Å². The molecule has 0 aromatic rings. The second kappa shape index (κ2) is 4.65.